The Kier molecular flexibility index (Phi) is 0.844. The Morgan fingerprint density at radius 2 is 2.29 bits per heavy atom. The minimum atomic E-state index is 1.11. The predicted octanol–water partition coefficient (Wildman–Crippen LogP) is 1.20. The summed E-state index contributed by atoms with van der Waals surface area (Å²) in [6.45, 7) is 4.01. The highest BCUT2D eigenvalue weighted by Gasteiger charge is 2.07. The highest BCUT2D eigenvalue weighted by molar-refractivity contribution is 5.18. The van der Waals surface area contributed by atoms with Gasteiger partial charge in [0.05, 0.1) is 0 Å². The zero-order valence-corrected chi connectivity index (χ0v) is 4.58. The summed E-state index contributed by atoms with van der Waals surface area (Å²) in [5.74, 6) is 0. The average Bonchev–Trinajstić information content (AvgIpc) is 1.87. The van der Waals surface area contributed by atoms with Gasteiger partial charge in [-0.25, -0.2) is 0 Å². The summed E-state index contributed by atoms with van der Waals surface area (Å²) in [6, 6.07) is 0. The fraction of sp³-hybridized carbons (Fsp3) is 0.333. The van der Waals surface area contributed by atoms with E-state index in [-0.39, 0.29) is 0 Å². The lowest BCUT2D eigenvalue weighted by atomic mass is 10.5. The first-order valence-electron chi connectivity index (χ1n) is 2.33. The van der Waals surface area contributed by atoms with Crippen molar-refractivity contribution in [3.8, 4) is 0 Å². The Hall–Kier alpha value is -0.810. The van der Waals surface area contributed by atoms with E-state index in [1.807, 2.05) is 19.9 Å². The normalized spacial score (nSPS) is 16.9. The second-order valence-electron chi connectivity index (χ2n) is 1.72. The Bertz CT molecular complexity index is 115. The summed E-state index contributed by atoms with van der Waals surface area (Å²) in [7, 11) is 0. The molecule has 1 heterocycles. The minimum absolute atomic E-state index is 1.11. The van der Waals surface area contributed by atoms with Crippen LogP contribution in [0.1, 0.15) is 13.8 Å². The van der Waals surface area contributed by atoms with E-state index in [1.165, 1.54) is 5.70 Å². The van der Waals surface area contributed by atoms with Gasteiger partial charge in [0.2, 0.25) is 0 Å². The molecule has 1 heteroatoms. The van der Waals surface area contributed by atoms with Crippen molar-refractivity contribution in [2.45, 2.75) is 13.8 Å². The van der Waals surface area contributed by atoms with Crippen LogP contribution in [0.2, 0.25) is 0 Å². The van der Waals surface area contributed by atoms with Gasteiger partial charge in [-0.1, -0.05) is 0 Å². The number of rotatable bonds is 0. The fourth-order valence-electron chi connectivity index (χ4n) is 0.584. The lowest BCUT2D eigenvalue weighted by molar-refractivity contribution is 0.999. The molecule has 0 fully saturated rings. The zero-order chi connectivity index (χ0) is 5.28. The first-order valence-corrected chi connectivity index (χ1v) is 2.33. The summed E-state index contributed by atoms with van der Waals surface area (Å²) >= 11 is 0. The van der Waals surface area contributed by atoms with Crippen LogP contribution in [0.5, 0.6) is 0 Å². The van der Waals surface area contributed by atoms with Gasteiger partial charge in [-0.3, -0.25) is 5.32 Å². The van der Waals surface area contributed by atoms with Crippen LogP contribution in [0, 0.1) is 6.08 Å². The molecule has 1 rings (SSSR count). The minimum Gasteiger partial charge on any atom is -0.260 e. The molecule has 0 bridgehead atoms. The van der Waals surface area contributed by atoms with Crippen LogP contribution in [0.4, 0.5) is 0 Å². The standard InChI is InChI=1S/C6H8N/c1-5-3-4-6(2)7-5/h3,7H,1-2H3/q+1. The summed E-state index contributed by atoms with van der Waals surface area (Å²) in [5.41, 5.74) is 2.29. The fourth-order valence-corrected chi connectivity index (χ4v) is 0.584. The molecule has 0 aliphatic carbocycles. The first kappa shape index (κ1) is 4.35. The molecule has 1 N–H and O–H groups in total. The predicted molar refractivity (Wildman–Crippen MR) is 29.3 cm³/mol. The van der Waals surface area contributed by atoms with E-state index in [0.29, 0.717) is 0 Å². The molecule has 1 aliphatic heterocycles. The van der Waals surface area contributed by atoms with E-state index in [0.717, 1.165) is 5.70 Å². The molecule has 0 aromatic heterocycles. The molecule has 0 aromatic rings. The van der Waals surface area contributed by atoms with Crippen molar-refractivity contribution < 1.29 is 0 Å². The van der Waals surface area contributed by atoms with Crippen LogP contribution in [0.15, 0.2) is 17.5 Å². The molecular formula is C6H8N+. The molecule has 0 aromatic carbocycles. The van der Waals surface area contributed by atoms with Gasteiger partial charge in [0.25, 0.3) is 0 Å². The third-order valence-electron chi connectivity index (χ3n) is 0.890. The van der Waals surface area contributed by atoms with Gasteiger partial charge in [0.15, 0.2) is 17.5 Å². The van der Waals surface area contributed by atoms with E-state index in [4.69, 9.17) is 0 Å². The Morgan fingerprint density at radius 3 is 2.43 bits per heavy atom. The van der Waals surface area contributed by atoms with Crippen molar-refractivity contribution in [1.29, 1.82) is 0 Å². The molecule has 0 amide bonds. The molecule has 7 heavy (non-hydrogen) atoms. The van der Waals surface area contributed by atoms with E-state index >= 15 is 0 Å². The molecule has 0 spiro atoms. The molecule has 1 aliphatic rings. The van der Waals surface area contributed by atoms with Gasteiger partial charge in [0.1, 0.15) is 6.08 Å². The van der Waals surface area contributed by atoms with Crippen molar-refractivity contribution in [3.63, 3.8) is 0 Å². The number of hydrogen-bond acceptors (Lipinski definition) is 1. The highest BCUT2D eigenvalue weighted by Crippen LogP contribution is 2.00. The van der Waals surface area contributed by atoms with Crippen molar-refractivity contribution in [2.24, 2.45) is 0 Å². The van der Waals surface area contributed by atoms with E-state index in [9.17, 15) is 0 Å². The van der Waals surface area contributed by atoms with Crippen LogP contribution in [-0.2, 0) is 0 Å². The van der Waals surface area contributed by atoms with Crippen LogP contribution in [0.3, 0.4) is 0 Å². The van der Waals surface area contributed by atoms with Gasteiger partial charge >= 0.3 is 0 Å². The summed E-state index contributed by atoms with van der Waals surface area (Å²) in [6.07, 6.45) is 4.95. The van der Waals surface area contributed by atoms with E-state index in [1.54, 1.807) is 0 Å². The number of hydrogen-bond donors (Lipinski definition) is 1. The van der Waals surface area contributed by atoms with Crippen molar-refractivity contribution in [3.05, 3.63) is 23.5 Å². The Labute approximate surface area is 43.7 Å². The van der Waals surface area contributed by atoms with Gasteiger partial charge in [-0.15, -0.1) is 0 Å². The molecule has 0 radical (unpaired) electrons. The summed E-state index contributed by atoms with van der Waals surface area (Å²) < 4.78 is 0. The maximum atomic E-state index is 3.08. The second-order valence-corrected chi connectivity index (χ2v) is 1.72. The monoisotopic (exact) mass is 94.1 g/mol. The van der Waals surface area contributed by atoms with E-state index in [2.05, 4.69) is 11.4 Å². The second kappa shape index (κ2) is 1.36. The zero-order valence-electron chi connectivity index (χ0n) is 4.58. The van der Waals surface area contributed by atoms with Crippen LogP contribution < -0.4 is 5.32 Å². The lowest BCUT2D eigenvalue weighted by Gasteiger charge is -1.82. The van der Waals surface area contributed by atoms with Gasteiger partial charge in [0, 0.05) is 13.8 Å². The van der Waals surface area contributed by atoms with Crippen molar-refractivity contribution >= 4 is 0 Å². The number of nitrogens with one attached hydrogen (secondary N) is 1. The van der Waals surface area contributed by atoms with Gasteiger partial charge in [-0.2, -0.15) is 0 Å². The summed E-state index contributed by atoms with van der Waals surface area (Å²) in [5, 5.41) is 3.08. The van der Waals surface area contributed by atoms with Crippen LogP contribution in [-0.4, -0.2) is 0 Å². The van der Waals surface area contributed by atoms with Crippen LogP contribution in [0.25, 0.3) is 0 Å². The Morgan fingerprint density at radius 1 is 1.57 bits per heavy atom. The quantitative estimate of drug-likeness (QED) is 0.445. The van der Waals surface area contributed by atoms with Crippen molar-refractivity contribution in [1.82, 2.24) is 5.32 Å². The largest absolute Gasteiger partial charge is 0.260 e. The maximum Gasteiger partial charge on any atom is 0.181 e. The van der Waals surface area contributed by atoms with Crippen LogP contribution >= 0.6 is 0 Å². The molecule has 1 nitrogen and oxygen atoms in total. The number of allylic oxidation sites excluding steroid dienone is 4. The molecule has 0 unspecified atom stereocenters. The summed E-state index contributed by atoms with van der Waals surface area (Å²) in [4.78, 5) is 0. The third kappa shape index (κ3) is 0.787. The highest BCUT2D eigenvalue weighted by atomic mass is 14.9. The SMILES string of the molecule is CC1=[C+]C=C(C)N1. The maximum absolute atomic E-state index is 3.08. The van der Waals surface area contributed by atoms with Crippen molar-refractivity contribution in [2.75, 3.05) is 0 Å². The average molecular weight is 94.1 g/mol. The smallest absolute Gasteiger partial charge is 0.181 e. The van der Waals surface area contributed by atoms with E-state index < -0.39 is 0 Å². The molecule has 36 valence electrons. The van der Waals surface area contributed by atoms with Gasteiger partial charge < -0.3 is 0 Å². The lowest BCUT2D eigenvalue weighted by Crippen LogP contribution is -2.01. The molecular weight excluding hydrogens is 86.1 g/mol. The first-order chi connectivity index (χ1) is 3.29. The third-order valence-corrected chi connectivity index (χ3v) is 0.890. The Balaban J connectivity index is 2.61. The topological polar surface area (TPSA) is 12.0 Å². The molecule has 0 saturated carbocycles. The molecule has 0 saturated heterocycles. The molecule has 0 atom stereocenters. The van der Waals surface area contributed by atoms with Gasteiger partial charge in [-0.05, 0) is 0 Å².